The molecule has 3 N–H and O–H groups in total. The molecule has 0 aliphatic heterocycles. The Balaban J connectivity index is 4.37. The van der Waals surface area contributed by atoms with Crippen molar-refractivity contribution in [2.24, 2.45) is 5.73 Å². The third-order valence-electron chi connectivity index (χ3n) is 7.33. The number of carbonyl (C=O) groups is 2. The maximum Gasteiger partial charge on any atom is 0.472 e. The van der Waals surface area contributed by atoms with E-state index in [1.54, 1.807) is 0 Å². The monoisotopic (exact) mass is 733 g/mol. The van der Waals surface area contributed by atoms with Gasteiger partial charge in [-0.2, -0.15) is 0 Å². The van der Waals surface area contributed by atoms with Crippen molar-refractivity contribution in [1.82, 2.24) is 0 Å². The maximum absolute atomic E-state index is 12.5. The average Bonchev–Trinajstić information content (AvgIpc) is 3.11. The van der Waals surface area contributed by atoms with E-state index >= 15 is 0 Å². The fraction of sp³-hybridized carbons (Fsp3) is 0.610. The topological polar surface area (TPSA) is 134 Å². The molecule has 51 heavy (non-hydrogen) atoms. The predicted molar refractivity (Wildman–Crippen MR) is 210 cm³/mol. The summed E-state index contributed by atoms with van der Waals surface area (Å²) in [6.45, 7) is 3.44. The summed E-state index contributed by atoms with van der Waals surface area (Å²) in [6.07, 6.45) is 44.8. The molecule has 0 aromatic carbocycles. The van der Waals surface area contributed by atoms with Crippen molar-refractivity contribution in [3.8, 4) is 0 Å². The quantitative estimate of drug-likeness (QED) is 0.0218. The molecule has 0 saturated carbocycles. The number of allylic oxidation sites excluding steroid dienone is 14. The van der Waals surface area contributed by atoms with Gasteiger partial charge in [0.2, 0.25) is 0 Å². The van der Waals surface area contributed by atoms with Crippen LogP contribution in [0.25, 0.3) is 0 Å². The number of rotatable bonds is 34. The second kappa shape index (κ2) is 37.0. The number of hydrogen-bond donors (Lipinski definition) is 2. The van der Waals surface area contributed by atoms with E-state index in [9.17, 15) is 19.0 Å². The standard InChI is InChI=1S/C41H68NO8P/c1-3-5-7-9-11-13-15-17-18-19-20-22-23-25-27-29-31-33-40(43)47-37-39(38-49-51(45,46)48-36-35-42)50-41(44)34-32-30-28-26-24-21-16-14-12-10-8-6-4-2/h6,8,10-14,16-18,20,22,25,27,39H,3-5,7,9,15,19,21,23-24,26,28-38,42H2,1-2H3,(H,45,46)/b8-6+,12-10+,13-11+,16-14+,18-17+,22-20+,27-25+. The Morgan fingerprint density at radius 2 is 1.18 bits per heavy atom. The van der Waals surface area contributed by atoms with Crippen LogP contribution in [0.3, 0.4) is 0 Å². The normalized spacial score (nSPS) is 14.4. The molecule has 290 valence electrons. The molecular formula is C41H68NO8P. The van der Waals surface area contributed by atoms with Crippen LogP contribution in [-0.2, 0) is 32.7 Å². The minimum atomic E-state index is -4.39. The zero-order valence-corrected chi connectivity index (χ0v) is 32.4. The molecule has 0 rings (SSSR count). The Kier molecular flexibility index (Phi) is 34.9. The summed E-state index contributed by atoms with van der Waals surface area (Å²) in [5.41, 5.74) is 5.32. The molecule has 0 heterocycles. The summed E-state index contributed by atoms with van der Waals surface area (Å²) in [5, 5.41) is 0. The van der Waals surface area contributed by atoms with Crippen molar-refractivity contribution in [2.75, 3.05) is 26.4 Å². The third kappa shape index (κ3) is 36.8. The van der Waals surface area contributed by atoms with Gasteiger partial charge >= 0.3 is 19.8 Å². The van der Waals surface area contributed by atoms with Crippen LogP contribution >= 0.6 is 7.82 Å². The molecule has 9 nitrogen and oxygen atoms in total. The average molecular weight is 734 g/mol. The molecule has 0 aromatic heterocycles. The number of esters is 2. The van der Waals surface area contributed by atoms with E-state index in [1.165, 1.54) is 25.7 Å². The number of phosphoric ester groups is 1. The van der Waals surface area contributed by atoms with Gasteiger partial charge in [-0.15, -0.1) is 0 Å². The van der Waals surface area contributed by atoms with Gasteiger partial charge < -0.3 is 20.1 Å². The summed E-state index contributed by atoms with van der Waals surface area (Å²) < 4.78 is 32.6. The lowest BCUT2D eigenvalue weighted by molar-refractivity contribution is -0.161. The predicted octanol–water partition coefficient (Wildman–Crippen LogP) is 10.5. The minimum Gasteiger partial charge on any atom is -0.462 e. The Morgan fingerprint density at radius 3 is 1.82 bits per heavy atom. The number of ether oxygens (including phenoxy) is 2. The van der Waals surface area contributed by atoms with Crippen LogP contribution < -0.4 is 5.73 Å². The van der Waals surface area contributed by atoms with Crippen molar-refractivity contribution >= 4 is 19.8 Å². The fourth-order valence-corrected chi connectivity index (χ4v) is 5.27. The van der Waals surface area contributed by atoms with E-state index in [2.05, 4.69) is 74.6 Å². The van der Waals surface area contributed by atoms with Gasteiger partial charge in [-0.05, 0) is 70.6 Å². The first-order valence-electron chi connectivity index (χ1n) is 19.1. The highest BCUT2D eigenvalue weighted by Crippen LogP contribution is 2.43. The molecule has 10 heteroatoms. The number of carbonyl (C=O) groups excluding carboxylic acids is 2. The lowest BCUT2D eigenvalue weighted by Gasteiger charge is -2.19. The summed E-state index contributed by atoms with van der Waals surface area (Å²) in [7, 11) is -4.39. The van der Waals surface area contributed by atoms with E-state index in [4.69, 9.17) is 24.3 Å². The first-order chi connectivity index (χ1) is 24.8. The van der Waals surface area contributed by atoms with Crippen LogP contribution in [0, 0.1) is 0 Å². The summed E-state index contributed by atoms with van der Waals surface area (Å²) >= 11 is 0. The third-order valence-corrected chi connectivity index (χ3v) is 8.31. The van der Waals surface area contributed by atoms with Gasteiger partial charge in [0, 0.05) is 19.4 Å². The van der Waals surface area contributed by atoms with Crippen LogP contribution in [0.2, 0.25) is 0 Å². The molecule has 0 aliphatic carbocycles. The van der Waals surface area contributed by atoms with Gasteiger partial charge in [-0.1, -0.05) is 131 Å². The fourth-order valence-electron chi connectivity index (χ4n) is 4.51. The van der Waals surface area contributed by atoms with Gasteiger partial charge in [0.25, 0.3) is 0 Å². The number of hydrogen-bond acceptors (Lipinski definition) is 8. The number of nitrogens with two attached hydrogens (primary N) is 1. The zero-order chi connectivity index (χ0) is 37.5. The van der Waals surface area contributed by atoms with Crippen LogP contribution in [-0.4, -0.2) is 49.3 Å². The molecule has 2 atom stereocenters. The van der Waals surface area contributed by atoms with Crippen LogP contribution in [0.4, 0.5) is 0 Å². The van der Waals surface area contributed by atoms with Crippen LogP contribution in [0.1, 0.15) is 129 Å². The van der Waals surface area contributed by atoms with Gasteiger partial charge in [-0.25, -0.2) is 4.57 Å². The molecular weight excluding hydrogens is 665 g/mol. The lowest BCUT2D eigenvalue weighted by Crippen LogP contribution is -2.29. The largest absolute Gasteiger partial charge is 0.472 e. The molecule has 0 spiro atoms. The number of phosphoric acid groups is 1. The van der Waals surface area contributed by atoms with Crippen molar-refractivity contribution < 1.29 is 37.6 Å². The molecule has 0 bridgehead atoms. The SMILES string of the molecule is CC/C=C/C=C/C=C/CCCCCCCC(=O)OC(COC(=O)CCC/C=C/C/C=C/C/C=C/C/C=C/CCCCC)COP(=O)(O)OCCN. The Bertz CT molecular complexity index is 1110. The van der Waals surface area contributed by atoms with Crippen LogP contribution in [0.15, 0.2) is 85.1 Å². The first kappa shape index (κ1) is 48.2. The van der Waals surface area contributed by atoms with E-state index in [0.29, 0.717) is 12.8 Å². The molecule has 0 aromatic rings. The highest BCUT2D eigenvalue weighted by Gasteiger charge is 2.25. The van der Waals surface area contributed by atoms with Crippen molar-refractivity contribution in [3.05, 3.63) is 85.1 Å². The Hall–Kier alpha value is -2.81. The summed E-state index contributed by atoms with van der Waals surface area (Å²) in [4.78, 5) is 34.7. The smallest absolute Gasteiger partial charge is 0.462 e. The van der Waals surface area contributed by atoms with E-state index in [-0.39, 0.29) is 32.6 Å². The minimum absolute atomic E-state index is 0.0377. The maximum atomic E-state index is 12.5. The van der Waals surface area contributed by atoms with E-state index in [1.807, 2.05) is 24.3 Å². The van der Waals surface area contributed by atoms with Crippen molar-refractivity contribution in [3.63, 3.8) is 0 Å². The second-order valence-corrected chi connectivity index (χ2v) is 13.6. The molecule has 0 radical (unpaired) electrons. The second-order valence-electron chi connectivity index (χ2n) is 12.1. The zero-order valence-electron chi connectivity index (χ0n) is 31.5. The number of unbranched alkanes of at least 4 members (excludes halogenated alkanes) is 9. The molecule has 0 fully saturated rings. The Morgan fingerprint density at radius 1 is 0.627 bits per heavy atom. The van der Waals surface area contributed by atoms with E-state index in [0.717, 1.165) is 64.2 Å². The van der Waals surface area contributed by atoms with Gasteiger partial charge in [-0.3, -0.25) is 18.6 Å². The van der Waals surface area contributed by atoms with Crippen LogP contribution in [0.5, 0.6) is 0 Å². The van der Waals surface area contributed by atoms with Gasteiger partial charge in [0.05, 0.1) is 13.2 Å². The van der Waals surface area contributed by atoms with E-state index < -0.39 is 32.5 Å². The Labute approximate surface area is 309 Å². The molecule has 0 aliphatic rings. The first-order valence-corrected chi connectivity index (χ1v) is 20.6. The highest BCUT2D eigenvalue weighted by molar-refractivity contribution is 7.47. The molecule has 0 amide bonds. The molecule has 0 saturated heterocycles. The highest BCUT2D eigenvalue weighted by atomic mass is 31.2. The van der Waals surface area contributed by atoms with Gasteiger partial charge in [0.15, 0.2) is 6.10 Å². The van der Waals surface area contributed by atoms with Crippen molar-refractivity contribution in [2.45, 2.75) is 136 Å². The lowest BCUT2D eigenvalue weighted by atomic mass is 10.1. The molecule has 2 unspecified atom stereocenters. The summed E-state index contributed by atoms with van der Waals surface area (Å²) in [5.74, 6) is -0.930. The summed E-state index contributed by atoms with van der Waals surface area (Å²) in [6, 6.07) is 0. The van der Waals surface area contributed by atoms with Crippen molar-refractivity contribution in [1.29, 1.82) is 0 Å². The van der Waals surface area contributed by atoms with Gasteiger partial charge in [0.1, 0.15) is 6.61 Å².